The number of benzene rings is 1. The Morgan fingerprint density at radius 2 is 1.76 bits per heavy atom. The van der Waals surface area contributed by atoms with Crippen molar-refractivity contribution >= 4 is 48.8 Å². The Hall–Kier alpha value is -0.490. The second-order valence-electron chi connectivity index (χ2n) is 4.93. The molecule has 1 rings (SSSR count). The summed E-state index contributed by atoms with van der Waals surface area (Å²) in [6.07, 6.45) is 1.43. The molecule has 0 aliphatic heterocycles. The molecule has 0 radical (unpaired) electrons. The molecule has 1 aromatic rings. The summed E-state index contributed by atoms with van der Waals surface area (Å²) in [6, 6.07) is 2.24. The van der Waals surface area contributed by atoms with Crippen LogP contribution in [0.5, 0.6) is 0 Å². The van der Waals surface area contributed by atoms with Gasteiger partial charge in [-0.1, -0.05) is 37.0 Å². The first-order chi connectivity index (χ1) is 9.54. The molecule has 118 valence electrons. The second-order valence-corrected chi connectivity index (χ2v) is 8.28. The molecular formula is C13H16Cl3NO3S. The topological polar surface area (TPSA) is 63.2 Å². The number of rotatable bonds is 5. The van der Waals surface area contributed by atoms with Gasteiger partial charge in [-0.05, 0) is 31.9 Å². The summed E-state index contributed by atoms with van der Waals surface area (Å²) in [6.45, 7) is 5.78. The number of carbonyl (C=O) groups excluding carboxylic acids is 1. The molecule has 0 aliphatic carbocycles. The largest absolute Gasteiger partial charge is 0.347 e. The molecule has 0 spiro atoms. The molecule has 1 aromatic carbocycles. The van der Waals surface area contributed by atoms with E-state index in [4.69, 9.17) is 33.9 Å². The zero-order chi connectivity index (χ0) is 16.4. The average molecular weight is 373 g/mol. The van der Waals surface area contributed by atoms with Crippen LogP contribution >= 0.6 is 33.9 Å². The molecule has 8 heteroatoms. The molecule has 0 unspecified atom stereocenters. The van der Waals surface area contributed by atoms with E-state index in [-0.39, 0.29) is 20.5 Å². The molecule has 21 heavy (non-hydrogen) atoms. The van der Waals surface area contributed by atoms with Gasteiger partial charge in [0, 0.05) is 16.2 Å². The van der Waals surface area contributed by atoms with Crippen LogP contribution in [0.2, 0.25) is 10.0 Å². The van der Waals surface area contributed by atoms with Crippen molar-refractivity contribution in [2.24, 2.45) is 0 Å². The number of halogens is 3. The fraction of sp³-hybridized carbons (Fsp3) is 0.462. The van der Waals surface area contributed by atoms with E-state index < -0.39 is 20.5 Å². The Labute approximate surface area is 139 Å². The van der Waals surface area contributed by atoms with Gasteiger partial charge in [-0.3, -0.25) is 4.79 Å². The van der Waals surface area contributed by atoms with Gasteiger partial charge in [0.05, 0.1) is 20.5 Å². The molecular weight excluding hydrogens is 357 g/mol. The van der Waals surface area contributed by atoms with E-state index >= 15 is 0 Å². The first-order valence-electron chi connectivity index (χ1n) is 6.30. The van der Waals surface area contributed by atoms with Crippen molar-refractivity contribution in [1.29, 1.82) is 0 Å². The number of nitrogens with one attached hydrogen (secondary N) is 1. The van der Waals surface area contributed by atoms with Crippen LogP contribution in [0.3, 0.4) is 0 Å². The minimum absolute atomic E-state index is 0.00668. The maximum absolute atomic E-state index is 12.3. The summed E-state index contributed by atoms with van der Waals surface area (Å²) in [7, 11) is 1.28. The van der Waals surface area contributed by atoms with Crippen LogP contribution in [-0.2, 0) is 9.05 Å². The Morgan fingerprint density at radius 1 is 1.24 bits per heavy atom. The molecule has 0 fully saturated rings. The van der Waals surface area contributed by atoms with Crippen molar-refractivity contribution in [3.8, 4) is 0 Å². The van der Waals surface area contributed by atoms with E-state index in [0.717, 1.165) is 12.1 Å². The highest BCUT2D eigenvalue weighted by Gasteiger charge is 2.26. The summed E-state index contributed by atoms with van der Waals surface area (Å²) in [5, 5.41) is 2.79. The number of carbonyl (C=O) groups is 1. The first kappa shape index (κ1) is 18.6. The van der Waals surface area contributed by atoms with Crippen molar-refractivity contribution in [2.75, 3.05) is 0 Å². The lowest BCUT2D eigenvalue weighted by atomic mass is 9.95. The lowest BCUT2D eigenvalue weighted by Gasteiger charge is -2.28. The lowest BCUT2D eigenvalue weighted by molar-refractivity contribution is 0.0901. The molecule has 0 saturated carbocycles. The van der Waals surface area contributed by atoms with Gasteiger partial charge in [0.1, 0.15) is 0 Å². The maximum Gasteiger partial charge on any atom is 0.261 e. The summed E-state index contributed by atoms with van der Waals surface area (Å²) < 4.78 is 22.8. The van der Waals surface area contributed by atoms with Gasteiger partial charge >= 0.3 is 0 Å². The fourth-order valence-corrected chi connectivity index (χ4v) is 2.90. The number of hydrogen-bond donors (Lipinski definition) is 1. The standard InChI is InChI=1S/C13H16Cl3NO3S/c1-4-13(3,5-2)17-12(18)9-6-8(21(16,19)20)7-10(14)11(9)15/h6-7H,4-5H2,1-3H3,(H,17,18). The van der Waals surface area contributed by atoms with Gasteiger partial charge in [-0.15, -0.1) is 0 Å². The summed E-state index contributed by atoms with van der Waals surface area (Å²) in [4.78, 5) is 12.1. The van der Waals surface area contributed by atoms with Crippen LogP contribution in [0.1, 0.15) is 44.0 Å². The van der Waals surface area contributed by atoms with Gasteiger partial charge in [0.15, 0.2) is 0 Å². The van der Waals surface area contributed by atoms with Gasteiger partial charge in [-0.25, -0.2) is 8.42 Å². The third-order valence-corrected chi connectivity index (χ3v) is 5.64. The molecule has 0 aliphatic rings. The minimum Gasteiger partial charge on any atom is -0.347 e. The quantitative estimate of drug-likeness (QED) is 0.787. The van der Waals surface area contributed by atoms with E-state index in [9.17, 15) is 13.2 Å². The van der Waals surface area contributed by atoms with Crippen molar-refractivity contribution < 1.29 is 13.2 Å². The van der Waals surface area contributed by atoms with Gasteiger partial charge in [0.25, 0.3) is 15.0 Å². The SMILES string of the molecule is CCC(C)(CC)NC(=O)c1cc(S(=O)(=O)Cl)cc(Cl)c1Cl. The van der Waals surface area contributed by atoms with Crippen molar-refractivity contribution in [2.45, 2.75) is 44.0 Å². The van der Waals surface area contributed by atoms with Gasteiger partial charge in [0.2, 0.25) is 0 Å². The van der Waals surface area contributed by atoms with Crippen LogP contribution in [0.25, 0.3) is 0 Å². The Kier molecular flexibility index (Phi) is 5.95. The zero-order valence-corrected chi connectivity index (χ0v) is 14.9. The lowest BCUT2D eigenvalue weighted by Crippen LogP contribution is -2.45. The zero-order valence-electron chi connectivity index (χ0n) is 11.8. The highest BCUT2D eigenvalue weighted by Crippen LogP contribution is 2.31. The third-order valence-electron chi connectivity index (χ3n) is 3.50. The number of hydrogen-bond acceptors (Lipinski definition) is 3. The molecule has 1 amide bonds. The van der Waals surface area contributed by atoms with Crippen molar-refractivity contribution in [1.82, 2.24) is 5.32 Å². The van der Waals surface area contributed by atoms with Crippen LogP contribution in [0.15, 0.2) is 17.0 Å². The predicted octanol–water partition coefficient (Wildman–Crippen LogP) is 4.23. The third kappa shape index (κ3) is 4.49. The first-order valence-corrected chi connectivity index (χ1v) is 9.37. The Morgan fingerprint density at radius 3 is 2.19 bits per heavy atom. The monoisotopic (exact) mass is 371 g/mol. The molecule has 0 bridgehead atoms. The van der Waals surface area contributed by atoms with Crippen LogP contribution < -0.4 is 5.32 Å². The summed E-state index contributed by atoms with van der Waals surface area (Å²) >= 11 is 11.9. The van der Waals surface area contributed by atoms with E-state index in [0.29, 0.717) is 12.8 Å². The van der Waals surface area contributed by atoms with E-state index in [1.54, 1.807) is 0 Å². The Balaban J connectivity index is 3.30. The van der Waals surface area contributed by atoms with E-state index in [1.165, 1.54) is 0 Å². The predicted molar refractivity (Wildman–Crippen MR) is 86.0 cm³/mol. The minimum atomic E-state index is -4.00. The van der Waals surface area contributed by atoms with Gasteiger partial charge in [-0.2, -0.15) is 0 Å². The van der Waals surface area contributed by atoms with E-state index in [2.05, 4.69) is 5.32 Å². The smallest absolute Gasteiger partial charge is 0.261 e. The summed E-state index contributed by atoms with van der Waals surface area (Å²) in [5.74, 6) is -0.490. The fourth-order valence-electron chi connectivity index (χ4n) is 1.64. The van der Waals surface area contributed by atoms with Crippen LogP contribution in [0, 0.1) is 0 Å². The Bertz CT molecular complexity index is 655. The van der Waals surface area contributed by atoms with Gasteiger partial charge < -0.3 is 5.32 Å². The second kappa shape index (κ2) is 6.73. The molecule has 0 heterocycles. The normalized spacial score (nSPS) is 12.3. The molecule has 0 saturated heterocycles. The number of amides is 1. The van der Waals surface area contributed by atoms with Crippen LogP contribution in [0.4, 0.5) is 0 Å². The molecule has 4 nitrogen and oxygen atoms in total. The van der Waals surface area contributed by atoms with Crippen LogP contribution in [-0.4, -0.2) is 19.9 Å². The highest BCUT2D eigenvalue weighted by molar-refractivity contribution is 8.13. The van der Waals surface area contributed by atoms with Crippen molar-refractivity contribution in [3.05, 3.63) is 27.7 Å². The van der Waals surface area contributed by atoms with E-state index in [1.807, 2.05) is 20.8 Å². The molecule has 0 atom stereocenters. The van der Waals surface area contributed by atoms with Crippen molar-refractivity contribution in [3.63, 3.8) is 0 Å². The molecule has 1 N–H and O–H groups in total. The molecule has 0 aromatic heterocycles. The average Bonchev–Trinajstić information content (AvgIpc) is 2.40. The highest BCUT2D eigenvalue weighted by atomic mass is 35.7. The summed E-state index contributed by atoms with van der Waals surface area (Å²) in [5.41, 5.74) is -0.431. The maximum atomic E-state index is 12.3.